The van der Waals surface area contributed by atoms with Crippen LogP contribution >= 0.6 is 0 Å². The third-order valence-corrected chi connectivity index (χ3v) is 4.99. The number of morpholine rings is 1. The van der Waals surface area contributed by atoms with Gasteiger partial charge in [0.15, 0.2) is 0 Å². The predicted octanol–water partition coefficient (Wildman–Crippen LogP) is 2.95. The number of hydrogen-bond donors (Lipinski definition) is 1. The van der Waals surface area contributed by atoms with E-state index in [1.54, 1.807) is 11.1 Å². The number of amides is 1. The molecule has 1 fully saturated rings. The van der Waals surface area contributed by atoms with Crippen molar-refractivity contribution in [2.45, 2.75) is 26.2 Å². The van der Waals surface area contributed by atoms with Crippen LogP contribution in [0.15, 0.2) is 40.0 Å². The number of carbonyl (C=O) groups excluding carboxylic acids is 1. The van der Waals surface area contributed by atoms with Crippen molar-refractivity contribution < 1.29 is 13.9 Å². The Kier molecular flexibility index (Phi) is 4.55. The van der Waals surface area contributed by atoms with Gasteiger partial charge in [0, 0.05) is 42.0 Å². The fraction of sp³-hybridized carbons (Fsp3) is 0.381. The van der Waals surface area contributed by atoms with Crippen LogP contribution in [0, 0.1) is 0 Å². The molecule has 1 aliphatic heterocycles. The predicted molar refractivity (Wildman–Crippen MR) is 105 cm³/mol. The van der Waals surface area contributed by atoms with Gasteiger partial charge in [-0.15, -0.1) is 0 Å². The lowest BCUT2D eigenvalue weighted by atomic mass is 9.84. The monoisotopic (exact) mass is 381 g/mol. The van der Waals surface area contributed by atoms with E-state index in [0.29, 0.717) is 54.1 Å². The summed E-state index contributed by atoms with van der Waals surface area (Å²) < 4.78 is 11.2. The quantitative estimate of drug-likeness (QED) is 0.737. The third kappa shape index (κ3) is 3.22. The molecule has 1 amide bonds. The first kappa shape index (κ1) is 18.4. The summed E-state index contributed by atoms with van der Waals surface area (Å²) in [6.45, 7) is 8.38. The maximum atomic E-state index is 13.1. The lowest BCUT2D eigenvalue weighted by Crippen LogP contribution is -2.40. The Morgan fingerprint density at radius 1 is 1.21 bits per heavy atom. The second-order valence-electron chi connectivity index (χ2n) is 7.97. The number of furan rings is 1. The Balaban J connectivity index is 1.92. The summed E-state index contributed by atoms with van der Waals surface area (Å²) in [5, 5.41) is 0.698. The summed E-state index contributed by atoms with van der Waals surface area (Å²) in [7, 11) is 0. The minimum Gasteiger partial charge on any atom is -0.463 e. The van der Waals surface area contributed by atoms with E-state index in [0.717, 1.165) is 5.56 Å². The highest BCUT2D eigenvalue weighted by Gasteiger charge is 2.27. The molecule has 1 aromatic carbocycles. The number of aromatic nitrogens is 2. The number of ether oxygens (including phenoxy) is 1. The van der Waals surface area contributed by atoms with Gasteiger partial charge in [0.1, 0.15) is 17.5 Å². The number of hydrogen-bond acceptors (Lipinski definition) is 5. The molecule has 146 valence electrons. The highest BCUT2D eigenvalue weighted by atomic mass is 16.5. The van der Waals surface area contributed by atoms with Crippen LogP contribution in [0.3, 0.4) is 0 Å². The molecule has 0 spiro atoms. The van der Waals surface area contributed by atoms with Gasteiger partial charge in [0.2, 0.25) is 0 Å². The van der Waals surface area contributed by atoms with E-state index < -0.39 is 0 Å². The van der Waals surface area contributed by atoms with Gasteiger partial charge in [-0.25, -0.2) is 4.98 Å². The van der Waals surface area contributed by atoms with Crippen LogP contribution in [-0.4, -0.2) is 47.1 Å². The lowest BCUT2D eigenvalue weighted by molar-refractivity contribution is 0.0303. The molecule has 2 aromatic heterocycles. The van der Waals surface area contributed by atoms with E-state index >= 15 is 0 Å². The highest BCUT2D eigenvalue weighted by Crippen LogP contribution is 2.36. The molecule has 0 saturated carbocycles. The van der Waals surface area contributed by atoms with Crippen LogP contribution in [0.2, 0.25) is 0 Å². The van der Waals surface area contributed by atoms with Gasteiger partial charge in [0.25, 0.3) is 11.5 Å². The highest BCUT2D eigenvalue weighted by molar-refractivity contribution is 6.07. The maximum absolute atomic E-state index is 13.1. The van der Waals surface area contributed by atoms with Crippen molar-refractivity contribution in [3.63, 3.8) is 0 Å². The van der Waals surface area contributed by atoms with E-state index in [1.165, 1.54) is 12.5 Å². The zero-order valence-electron chi connectivity index (χ0n) is 16.2. The van der Waals surface area contributed by atoms with E-state index in [4.69, 9.17) is 9.15 Å². The van der Waals surface area contributed by atoms with Crippen LogP contribution in [0.5, 0.6) is 0 Å². The van der Waals surface area contributed by atoms with Gasteiger partial charge in [-0.2, -0.15) is 0 Å². The molecule has 0 atom stereocenters. The average Bonchev–Trinajstić information content (AvgIpc) is 3.10. The molecule has 3 heterocycles. The van der Waals surface area contributed by atoms with Gasteiger partial charge in [-0.05, 0) is 17.5 Å². The molecule has 4 rings (SSSR count). The smallest absolute Gasteiger partial charge is 0.274 e. The molecule has 28 heavy (non-hydrogen) atoms. The van der Waals surface area contributed by atoms with Crippen molar-refractivity contribution in [3.8, 4) is 11.3 Å². The standard InChI is InChI=1S/C21H23N3O4/c1-21(2,3)16-11-13(17-19(25)23-5-4-22-17)10-14-15(12-28-18(14)16)20(26)24-6-8-27-9-7-24/h4-5,10-12H,6-9H2,1-3H3,(H,23,25). The molecular formula is C21H23N3O4. The molecule has 3 aromatic rings. The van der Waals surface area contributed by atoms with E-state index in [9.17, 15) is 9.59 Å². The van der Waals surface area contributed by atoms with Crippen molar-refractivity contribution in [2.75, 3.05) is 26.3 Å². The second-order valence-corrected chi connectivity index (χ2v) is 7.97. The molecule has 0 unspecified atom stereocenters. The molecular weight excluding hydrogens is 358 g/mol. The minimum atomic E-state index is -0.272. The molecule has 0 radical (unpaired) electrons. The Bertz CT molecular complexity index is 1080. The lowest BCUT2D eigenvalue weighted by Gasteiger charge is -2.26. The number of aromatic amines is 1. The summed E-state index contributed by atoms with van der Waals surface area (Å²) in [5.74, 6) is -0.0889. The second kappa shape index (κ2) is 6.91. The summed E-state index contributed by atoms with van der Waals surface area (Å²) >= 11 is 0. The van der Waals surface area contributed by atoms with Crippen molar-refractivity contribution in [3.05, 3.63) is 52.3 Å². The van der Waals surface area contributed by atoms with Crippen LogP contribution in [0.1, 0.15) is 36.7 Å². The fourth-order valence-electron chi connectivity index (χ4n) is 3.49. The number of rotatable bonds is 2. The van der Waals surface area contributed by atoms with Crippen molar-refractivity contribution in [1.82, 2.24) is 14.9 Å². The van der Waals surface area contributed by atoms with E-state index in [2.05, 4.69) is 30.7 Å². The first-order chi connectivity index (χ1) is 13.4. The fourth-order valence-corrected chi connectivity index (χ4v) is 3.49. The van der Waals surface area contributed by atoms with Crippen LogP contribution in [0.4, 0.5) is 0 Å². The van der Waals surface area contributed by atoms with Crippen LogP contribution in [-0.2, 0) is 10.2 Å². The number of nitrogens with one attached hydrogen (secondary N) is 1. The molecule has 7 nitrogen and oxygen atoms in total. The third-order valence-electron chi connectivity index (χ3n) is 4.99. The zero-order valence-corrected chi connectivity index (χ0v) is 16.2. The number of H-pyrrole nitrogens is 1. The van der Waals surface area contributed by atoms with E-state index in [1.807, 2.05) is 12.1 Å². The van der Waals surface area contributed by atoms with Gasteiger partial charge in [-0.1, -0.05) is 20.8 Å². The molecule has 7 heteroatoms. The summed E-state index contributed by atoms with van der Waals surface area (Å²) in [6, 6.07) is 3.74. The molecule has 1 aliphatic rings. The summed E-state index contributed by atoms with van der Waals surface area (Å²) in [6.07, 6.45) is 4.57. The van der Waals surface area contributed by atoms with Gasteiger partial charge >= 0.3 is 0 Å². The topological polar surface area (TPSA) is 88.4 Å². The summed E-state index contributed by atoms with van der Waals surface area (Å²) in [4.78, 5) is 34.0. The number of carbonyl (C=O) groups is 1. The zero-order chi connectivity index (χ0) is 19.9. The first-order valence-electron chi connectivity index (χ1n) is 9.33. The van der Waals surface area contributed by atoms with Crippen LogP contribution < -0.4 is 5.56 Å². The van der Waals surface area contributed by atoms with Gasteiger partial charge in [0.05, 0.1) is 18.8 Å². The summed E-state index contributed by atoms with van der Waals surface area (Å²) in [5.41, 5.74) is 2.55. The number of benzene rings is 1. The maximum Gasteiger partial charge on any atom is 0.274 e. The SMILES string of the molecule is CC(C)(C)c1cc(-c2ncc[nH]c2=O)cc2c(C(=O)N3CCOCC3)coc12. The van der Waals surface area contributed by atoms with Crippen molar-refractivity contribution in [2.24, 2.45) is 0 Å². The first-order valence-corrected chi connectivity index (χ1v) is 9.33. The normalized spacial score (nSPS) is 15.2. The Morgan fingerprint density at radius 2 is 1.96 bits per heavy atom. The molecule has 1 saturated heterocycles. The average molecular weight is 381 g/mol. The van der Waals surface area contributed by atoms with Gasteiger partial charge in [-0.3, -0.25) is 9.59 Å². The number of nitrogens with zero attached hydrogens (tertiary/aromatic N) is 2. The van der Waals surface area contributed by atoms with Crippen molar-refractivity contribution >= 4 is 16.9 Å². The van der Waals surface area contributed by atoms with Crippen LogP contribution in [0.25, 0.3) is 22.2 Å². The molecule has 0 aliphatic carbocycles. The minimum absolute atomic E-state index is 0.0889. The Labute approximate surface area is 162 Å². The van der Waals surface area contributed by atoms with Crippen molar-refractivity contribution in [1.29, 1.82) is 0 Å². The number of fused-ring (bicyclic) bond motifs is 1. The van der Waals surface area contributed by atoms with E-state index in [-0.39, 0.29) is 16.9 Å². The largest absolute Gasteiger partial charge is 0.463 e. The molecule has 1 N–H and O–H groups in total. The van der Waals surface area contributed by atoms with Gasteiger partial charge < -0.3 is 19.0 Å². The Hall–Kier alpha value is -2.93. The molecule has 0 bridgehead atoms. The Morgan fingerprint density at radius 3 is 2.64 bits per heavy atom.